The Labute approximate surface area is 83.7 Å². The van der Waals surface area contributed by atoms with Crippen molar-refractivity contribution >= 4 is 0 Å². The van der Waals surface area contributed by atoms with E-state index in [0.29, 0.717) is 12.1 Å². The molecule has 0 aromatic heterocycles. The van der Waals surface area contributed by atoms with Crippen LogP contribution in [0.4, 0.5) is 0 Å². The molecule has 2 heteroatoms. The maximum absolute atomic E-state index is 3.35. The van der Waals surface area contributed by atoms with Gasteiger partial charge in [0.15, 0.2) is 0 Å². The van der Waals surface area contributed by atoms with Gasteiger partial charge >= 0.3 is 0 Å². The van der Waals surface area contributed by atoms with Gasteiger partial charge in [0.2, 0.25) is 0 Å². The summed E-state index contributed by atoms with van der Waals surface area (Å²) >= 11 is 0. The smallest absolute Gasteiger partial charge is 0.00670 e. The van der Waals surface area contributed by atoms with E-state index in [1.165, 1.54) is 12.8 Å². The Balaban J connectivity index is 3.44. The fourth-order valence-electron chi connectivity index (χ4n) is 1.41. The number of nitrogens with one attached hydrogen (secondary N) is 1. The molecule has 0 heterocycles. The Morgan fingerprint density at radius 1 is 1.23 bits per heavy atom. The molecule has 0 aromatic carbocycles. The van der Waals surface area contributed by atoms with Gasteiger partial charge in [-0.25, -0.2) is 0 Å². The lowest BCUT2D eigenvalue weighted by Gasteiger charge is -2.28. The van der Waals surface area contributed by atoms with E-state index in [4.69, 9.17) is 0 Å². The lowest BCUT2D eigenvalue weighted by molar-refractivity contribution is 0.196. The highest BCUT2D eigenvalue weighted by Crippen LogP contribution is 2.07. The summed E-state index contributed by atoms with van der Waals surface area (Å²) in [7, 11) is 2.21. The van der Waals surface area contributed by atoms with Crippen molar-refractivity contribution in [3.63, 3.8) is 0 Å². The van der Waals surface area contributed by atoms with Crippen LogP contribution >= 0.6 is 0 Å². The Hall–Kier alpha value is -0.0800. The fraction of sp³-hybridized carbons (Fsp3) is 1.00. The van der Waals surface area contributed by atoms with Crippen LogP contribution in [0.3, 0.4) is 0 Å². The zero-order chi connectivity index (χ0) is 10.3. The van der Waals surface area contributed by atoms with Crippen LogP contribution in [-0.4, -0.2) is 37.1 Å². The molecule has 2 nitrogen and oxygen atoms in total. The molecule has 0 fully saturated rings. The topological polar surface area (TPSA) is 15.3 Å². The van der Waals surface area contributed by atoms with Gasteiger partial charge in [-0.2, -0.15) is 0 Å². The number of nitrogens with zero attached hydrogens (tertiary/aromatic N) is 1. The van der Waals surface area contributed by atoms with Crippen molar-refractivity contribution in [2.45, 2.75) is 52.6 Å². The van der Waals surface area contributed by atoms with E-state index in [1.807, 2.05) is 0 Å². The highest BCUT2D eigenvalue weighted by Gasteiger charge is 2.10. The summed E-state index contributed by atoms with van der Waals surface area (Å²) in [5, 5.41) is 3.35. The summed E-state index contributed by atoms with van der Waals surface area (Å²) in [6, 6.07) is 1.37. The van der Waals surface area contributed by atoms with E-state index < -0.39 is 0 Å². The van der Waals surface area contributed by atoms with Crippen LogP contribution in [0.1, 0.15) is 40.5 Å². The number of hydrogen-bond acceptors (Lipinski definition) is 2. The average Bonchev–Trinajstić information content (AvgIpc) is 2.10. The summed E-state index contributed by atoms with van der Waals surface area (Å²) in [6.45, 7) is 11.2. The predicted octanol–water partition coefficient (Wildman–Crippen LogP) is 2.10. The molecule has 0 saturated heterocycles. The van der Waals surface area contributed by atoms with Crippen molar-refractivity contribution in [3.05, 3.63) is 0 Å². The minimum atomic E-state index is 0.661. The summed E-state index contributed by atoms with van der Waals surface area (Å²) in [5.74, 6) is 0. The molecule has 0 radical (unpaired) electrons. The maximum Gasteiger partial charge on any atom is 0.00670 e. The van der Waals surface area contributed by atoms with Crippen LogP contribution in [0.5, 0.6) is 0 Å². The second-order valence-electron chi connectivity index (χ2n) is 4.10. The Bertz CT molecular complexity index is 113. The van der Waals surface area contributed by atoms with Gasteiger partial charge in [0.25, 0.3) is 0 Å². The molecule has 0 aliphatic carbocycles. The Morgan fingerprint density at radius 3 is 2.31 bits per heavy atom. The fourth-order valence-corrected chi connectivity index (χ4v) is 1.41. The SMILES string of the molecule is CCNCCCC(C)N(C)C(C)C. The molecule has 80 valence electrons. The minimum Gasteiger partial charge on any atom is -0.317 e. The van der Waals surface area contributed by atoms with E-state index in [0.717, 1.165) is 13.1 Å². The molecule has 1 N–H and O–H groups in total. The molecular weight excluding hydrogens is 160 g/mol. The van der Waals surface area contributed by atoms with Crippen molar-refractivity contribution in [2.24, 2.45) is 0 Å². The highest BCUT2D eigenvalue weighted by atomic mass is 15.1. The lowest BCUT2D eigenvalue weighted by Crippen LogP contribution is -2.35. The van der Waals surface area contributed by atoms with Gasteiger partial charge in [0.1, 0.15) is 0 Å². The van der Waals surface area contributed by atoms with Gasteiger partial charge in [0.05, 0.1) is 0 Å². The normalized spacial score (nSPS) is 14.1. The number of hydrogen-bond donors (Lipinski definition) is 1. The monoisotopic (exact) mass is 186 g/mol. The standard InChI is InChI=1S/C11H26N2/c1-6-12-9-7-8-11(4)13(5)10(2)3/h10-12H,6-9H2,1-5H3. The molecule has 0 aliphatic heterocycles. The molecule has 0 aliphatic rings. The van der Waals surface area contributed by atoms with Gasteiger partial charge in [-0.1, -0.05) is 6.92 Å². The van der Waals surface area contributed by atoms with Gasteiger partial charge in [-0.15, -0.1) is 0 Å². The molecule has 1 atom stereocenters. The molecule has 0 spiro atoms. The van der Waals surface area contributed by atoms with Gasteiger partial charge in [-0.05, 0) is 53.8 Å². The van der Waals surface area contributed by atoms with Crippen molar-refractivity contribution in [3.8, 4) is 0 Å². The third-order valence-electron chi connectivity index (χ3n) is 2.74. The quantitative estimate of drug-likeness (QED) is 0.613. The van der Waals surface area contributed by atoms with Crippen molar-refractivity contribution in [2.75, 3.05) is 20.1 Å². The second kappa shape index (κ2) is 7.34. The summed E-state index contributed by atoms with van der Waals surface area (Å²) in [4.78, 5) is 2.44. The van der Waals surface area contributed by atoms with Crippen molar-refractivity contribution in [1.82, 2.24) is 10.2 Å². The van der Waals surface area contributed by atoms with Gasteiger partial charge in [0, 0.05) is 12.1 Å². The predicted molar refractivity (Wildman–Crippen MR) is 60.1 cm³/mol. The third kappa shape index (κ3) is 6.05. The molecule has 1 unspecified atom stereocenters. The summed E-state index contributed by atoms with van der Waals surface area (Å²) in [5.41, 5.74) is 0. The van der Waals surface area contributed by atoms with E-state index in [9.17, 15) is 0 Å². The number of rotatable bonds is 7. The van der Waals surface area contributed by atoms with Crippen LogP contribution in [0, 0.1) is 0 Å². The van der Waals surface area contributed by atoms with Gasteiger partial charge < -0.3 is 10.2 Å². The van der Waals surface area contributed by atoms with Crippen LogP contribution in [-0.2, 0) is 0 Å². The minimum absolute atomic E-state index is 0.661. The van der Waals surface area contributed by atoms with Crippen LogP contribution < -0.4 is 5.32 Å². The highest BCUT2D eigenvalue weighted by molar-refractivity contribution is 4.67. The molecule has 0 amide bonds. The molecule has 0 rings (SSSR count). The van der Waals surface area contributed by atoms with Crippen molar-refractivity contribution < 1.29 is 0 Å². The molecule has 0 aromatic rings. The molecule has 0 bridgehead atoms. The van der Waals surface area contributed by atoms with Gasteiger partial charge in [-0.3, -0.25) is 0 Å². The largest absolute Gasteiger partial charge is 0.317 e. The Kier molecular flexibility index (Phi) is 7.29. The zero-order valence-electron chi connectivity index (χ0n) is 9.93. The third-order valence-corrected chi connectivity index (χ3v) is 2.74. The van der Waals surface area contributed by atoms with E-state index >= 15 is 0 Å². The summed E-state index contributed by atoms with van der Waals surface area (Å²) in [6.07, 6.45) is 2.58. The van der Waals surface area contributed by atoms with Crippen LogP contribution in [0.2, 0.25) is 0 Å². The lowest BCUT2D eigenvalue weighted by atomic mass is 10.1. The zero-order valence-corrected chi connectivity index (χ0v) is 9.93. The molecular formula is C11H26N2. The molecule has 13 heavy (non-hydrogen) atoms. The first-order valence-electron chi connectivity index (χ1n) is 5.52. The first kappa shape index (κ1) is 12.9. The van der Waals surface area contributed by atoms with E-state index in [1.54, 1.807) is 0 Å². The average molecular weight is 186 g/mol. The van der Waals surface area contributed by atoms with Crippen LogP contribution in [0.25, 0.3) is 0 Å². The van der Waals surface area contributed by atoms with E-state index in [-0.39, 0.29) is 0 Å². The van der Waals surface area contributed by atoms with E-state index in [2.05, 4.69) is 45.0 Å². The van der Waals surface area contributed by atoms with Crippen molar-refractivity contribution in [1.29, 1.82) is 0 Å². The molecule has 0 saturated carbocycles. The second-order valence-corrected chi connectivity index (χ2v) is 4.10. The Morgan fingerprint density at radius 2 is 1.85 bits per heavy atom. The van der Waals surface area contributed by atoms with Crippen LogP contribution in [0.15, 0.2) is 0 Å². The summed E-state index contributed by atoms with van der Waals surface area (Å²) < 4.78 is 0. The first-order chi connectivity index (χ1) is 6.09. The first-order valence-corrected chi connectivity index (χ1v) is 5.52. The maximum atomic E-state index is 3.35.